The molecule has 0 aromatic heterocycles. The molecule has 15 heavy (non-hydrogen) atoms. The molecule has 1 aromatic rings. The van der Waals surface area contributed by atoms with Crippen molar-refractivity contribution in [1.29, 1.82) is 0 Å². The van der Waals surface area contributed by atoms with Crippen LogP contribution in [0.3, 0.4) is 0 Å². The van der Waals surface area contributed by atoms with Gasteiger partial charge in [-0.3, -0.25) is 0 Å². The van der Waals surface area contributed by atoms with Gasteiger partial charge < -0.3 is 16.4 Å². The monoisotopic (exact) mass is 207 g/mol. The zero-order valence-corrected chi connectivity index (χ0v) is 8.92. The molecule has 0 saturated carbocycles. The van der Waals surface area contributed by atoms with E-state index in [1.54, 1.807) is 0 Å². The van der Waals surface area contributed by atoms with Gasteiger partial charge in [-0.15, -0.1) is 0 Å². The summed E-state index contributed by atoms with van der Waals surface area (Å²) in [6, 6.07) is 7.52. The van der Waals surface area contributed by atoms with E-state index in [0.717, 1.165) is 17.7 Å². The average Bonchev–Trinajstić information content (AvgIpc) is 2.19. The van der Waals surface area contributed by atoms with Gasteiger partial charge in [0.05, 0.1) is 0 Å². The first kappa shape index (κ1) is 11.5. The Labute approximate surface area is 89.9 Å². The second-order valence-electron chi connectivity index (χ2n) is 3.22. The number of anilines is 1. The molecule has 0 spiro atoms. The third kappa shape index (κ3) is 3.99. The molecule has 0 bridgehead atoms. The first-order chi connectivity index (χ1) is 7.26. The molecule has 0 saturated heterocycles. The molecule has 4 nitrogen and oxygen atoms in total. The molecule has 0 fully saturated rings. The predicted octanol–water partition coefficient (Wildman–Crippen LogP) is 1.33. The SMILES string of the molecule is CCNC(=O)Nc1cccc(CCN)c1. The topological polar surface area (TPSA) is 67.2 Å². The van der Waals surface area contributed by atoms with E-state index in [2.05, 4.69) is 10.6 Å². The molecule has 1 aromatic carbocycles. The molecule has 0 atom stereocenters. The van der Waals surface area contributed by atoms with Crippen LogP contribution in [0.1, 0.15) is 12.5 Å². The number of nitrogens with two attached hydrogens (primary N) is 1. The molecule has 0 heterocycles. The molecule has 82 valence electrons. The Morgan fingerprint density at radius 1 is 1.47 bits per heavy atom. The third-order valence-corrected chi connectivity index (χ3v) is 1.96. The number of carbonyl (C=O) groups is 1. The zero-order chi connectivity index (χ0) is 11.1. The van der Waals surface area contributed by atoms with Crippen LogP contribution in [0.15, 0.2) is 24.3 Å². The lowest BCUT2D eigenvalue weighted by molar-refractivity contribution is 0.252. The summed E-state index contributed by atoms with van der Waals surface area (Å²) in [5.74, 6) is 0. The lowest BCUT2D eigenvalue weighted by atomic mass is 10.1. The van der Waals surface area contributed by atoms with Gasteiger partial charge in [0, 0.05) is 12.2 Å². The van der Waals surface area contributed by atoms with Crippen molar-refractivity contribution in [3.8, 4) is 0 Å². The maximum absolute atomic E-state index is 11.2. The van der Waals surface area contributed by atoms with E-state index < -0.39 is 0 Å². The first-order valence-electron chi connectivity index (χ1n) is 5.10. The Balaban J connectivity index is 2.60. The molecule has 0 unspecified atom stereocenters. The maximum atomic E-state index is 11.2. The maximum Gasteiger partial charge on any atom is 0.319 e. The van der Waals surface area contributed by atoms with Gasteiger partial charge in [-0.1, -0.05) is 12.1 Å². The molecule has 1 rings (SSSR count). The fourth-order valence-electron chi connectivity index (χ4n) is 1.31. The lowest BCUT2D eigenvalue weighted by Crippen LogP contribution is -2.28. The van der Waals surface area contributed by atoms with Crippen LogP contribution in [0, 0.1) is 0 Å². The first-order valence-corrected chi connectivity index (χ1v) is 5.10. The van der Waals surface area contributed by atoms with Crippen LogP contribution in [0.25, 0.3) is 0 Å². The standard InChI is InChI=1S/C11H17N3O/c1-2-13-11(15)14-10-5-3-4-9(8-10)6-7-12/h3-5,8H,2,6-7,12H2,1H3,(H2,13,14,15). The number of hydrogen-bond acceptors (Lipinski definition) is 2. The van der Waals surface area contributed by atoms with Crippen LogP contribution in [0.4, 0.5) is 10.5 Å². The minimum atomic E-state index is -0.178. The summed E-state index contributed by atoms with van der Waals surface area (Å²) in [7, 11) is 0. The Hall–Kier alpha value is -1.55. The highest BCUT2D eigenvalue weighted by Gasteiger charge is 1.99. The Morgan fingerprint density at radius 3 is 2.93 bits per heavy atom. The molecular weight excluding hydrogens is 190 g/mol. The number of amides is 2. The minimum Gasteiger partial charge on any atom is -0.338 e. The van der Waals surface area contributed by atoms with E-state index in [1.807, 2.05) is 31.2 Å². The quantitative estimate of drug-likeness (QED) is 0.697. The molecule has 4 heteroatoms. The third-order valence-electron chi connectivity index (χ3n) is 1.96. The Bertz CT molecular complexity index is 325. The van der Waals surface area contributed by atoms with Crippen molar-refractivity contribution in [1.82, 2.24) is 5.32 Å². The second kappa shape index (κ2) is 6.03. The van der Waals surface area contributed by atoms with Gasteiger partial charge in [-0.2, -0.15) is 0 Å². The number of nitrogens with one attached hydrogen (secondary N) is 2. The van der Waals surface area contributed by atoms with Gasteiger partial charge in [0.1, 0.15) is 0 Å². The van der Waals surface area contributed by atoms with Crippen LogP contribution < -0.4 is 16.4 Å². The summed E-state index contributed by atoms with van der Waals surface area (Å²) >= 11 is 0. The Morgan fingerprint density at radius 2 is 2.27 bits per heavy atom. The van der Waals surface area contributed by atoms with Crippen molar-refractivity contribution in [3.05, 3.63) is 29.8 Å². The second-order valence-corrected chi connectivity index (χ2v) is 3.22. The van der Waals surface area contributed by atoms with Gasteiger partial charge in [-0.05, 0) is 37.6 Å². The number of rotatable bonds is 4. The van der Waals surface area contributed by atoms with Crippen LogP contribution >= 0.6 is 0 Å². The highest BCUT2D eigenvalue weighted by atomic mass is 16.2. The highest BCUT2D eigenvalue weighted by molar-refractivity contribution is 5.89. The van der Waals surface area contributed by atoms with E-state index in [4.69, 9.17) is 5.73 Å². The van der Waals surface area contributed by atoms with Crippen LogP contribution in [0.2, 0.25) is 0 Å². The molecule has 0 aliphatic rings. The van der Waals surface area contributed by atoms with Crippen molar-refractivity contribution in [2.45, 2.75) is 13.3 Å². The molecular formula is C11H17N3O. The largest absolute Gasteiger partial charge is 0.338 e. The van der Waals surface area contributed by atoms with Crippen LogP contribution in [-0.2, 0) is 6.42 Å². The highest BCUT2D eigenvalue weighted by Crippen LogP contribution is 2.10. The van der Waals surface area contributed by atoms with Crippen molar-refractivity contribution in [3.63, 3.8) is 0 Å². The summed E-state index contributed by atoms with van der Waals surface area (Å²) in [5, 5.41) is 5.42. The molecule has 4 N–H and O–H groups in total. The van der Waals surface area contributed by atoms with Gasteiger partial charge in [-0.25, -0.2) is 4.79 Å². The number of hydrogen-bond donors (Lipinski definition) is 3. The predicted molar refractivity (Wildman–Crippen MR) is 61.9 cm³/mol. The number of urea groups is 1. The molecule has 0 aliphatic heterocycles. The summed E-state index contributed by atoms with van der Waals surface area (Å²) in [5.41, 5.74) is 7.39. The summed E-state index contributed by atoms with van der Waals surface area (Å²) < 4.78 is 0. The van der Waals surface area contributed by atoms with Crippen molar-refractivity contribution >= 4 is 11.7 Å². The van der Waals surface area contributed by atoms with Gasteiger partial charge in [0.2, 0.25) is 0 Å². The van der Waals surface area contributed by atoms with E-state index in [1.165, 1.54) is 0 Å². The molecule has 2 amide bonds. The summed E-state index contributed by atoms with van der Waals surface area (Å²) in [4.78, 5) is 11.2. The van der Waals surface area contributed by atoms with E-state index in [9.17, 15) is 4.79 Å². The molecule has 0 radical (unpaired) electrons. The normalized spacial score (nSPS) is 9.73. The van der Waals surface area contributed by atoms with E-state index in [-0.39, 0.29) is 6.03 Å². The fourth-order valence-corrected chi connectivity index (χ4v) is 1.31. The minimum absolute atomic E-state index is 0.178. The van der Waals surface area contributed by atoms with Gasteiger partial charge in [0.25, 0.3) is 0 Å². The Kier molecular flexibility index (Phi) is 4.63. The summed E-state index contributed by atoms with van der Waals surface area (Å²) in [6.45, 7) is 3.11. The van der Waals surface area contributed by atoms with E-state index in [0.29, 0.717) is 13.1 Å². The molecule has 0 aliphatic carbocycles. The van der Waals surface area contributed by atoms with Gasteiger partial charge >= 0.3 is 6.03 Å². The smallest absolute Gasteiger partial charge is 0.319 e. The van der Waals surface area contributed by atoms with Gasteiger partial charge in [0.15, 0.2) is 0 Å². The van der Waals surface area contributed by atoms with Crippen molar-refractivity contribution in [2.75, 3.05) is 18.4 Å². The van der Waals surface area contributed by atoms with E-state index >= 15 is 0 Å². The number of benzene rings is 1. The lowest BCUT2D eigenvalue weighted by Gasteiger charge is -2.07. The van der Waals surface area contributed by atoms with Crippen molar-refractivity contribution < 1.29 is 4.79 Å². The number of carbonyl (C=O) groups excluding carboxylic acids is 1. The zero-order valence-electron chi connectivity index (χ0n) is 8.92. The summed E-state index contributed by atoms with van der Waals surface area (Å²) in [6.07, 6.45) is 0.824. The van der Waals surface area contributed by atoms with Crippen LogP contribution in [-0.4, -0.2) is 19.1 Å². The van der Waals surface area contributed by atoms with Crippen LogP contribution in [0.5, 0.6) is 0 Å². The fraction of sp³-hybridized carbons (Fsp3) is 0.364. The average molecular weight is 207 g/mol. The van der Waals surface area contributed by atoms with Crippen molar-refractivity contribution in [2.24, 2.45) is 5.73 Å².